The maximum Gasteiger partial charge on any atom is 0.339 e. The second-order valence-electron chi connectivity index (χ2n) is 2.79. The van der Waals surface area contributed by atoms with Gasteiger partial charge in [-0.05, 0) is 6.92 Å². The Bertz CT molecular complexity index is 196. The Balaban J connectivity index is 5.15. The first-order valence-corrected chi connectivity index (χ1v) is 4.01. The van der Waals surface area contributed by atoms with Crippen LogP contribution >= 0.6 is 0 Å². The van der Waals surface area contributed by atoms with Crippen molar-refractivity contribution in [2.75, 3.05) is 6.61 Å². The molecule has 16 heavy (non-hydrogen) atoms. The predicted molar refractivity (Wildman–Crippen MR) is 37.3 cm³/mol. The summed E-state index contributed by atoms with van der Waals surface area (Å²) in [7, 11) is 0. The van der Waals surface area contributed by atoms with Crippen molar-refractivity contribution >= 4 is 0 Å². The van der Waals surface area contributed by atoms with Gasteiger partial charge in [-0.3, -0.25) is 0 Å². The molecule has 0 bridgehead atoms. The summed E-state index contributed by atoms with van der Waals surface area (Å²) in [4.78, 5) is 0. The first-order chi connectivity index (χ1) is 7.08. The molecule has 0 radical (unpaired) electrons. The van der Waals surface area contributed by atoms with Gasteiger partial charge in [-0.25, -0.2) is 17.6 Å². The van der Waals surface area contributed by atoms with Crippen molar-refractivity contribution < 1.29 is 39.9 Å². The molecule has 0 unspecified atom stereocenters. The number of alkyl halides is 8. The van der Waals surface area contributed by atoms with Crippen LogP contribution in [0.15, 0.2) is 0 Å². The van der Waals surface area contributed by atoms with Gasteiger partial charge in [0.15, 0.2) is 6.10 Å². The lowest BCUT2D eigenvalue weighted by Gasteiger charge is -2.31. The fourth-order valence-electron chi connectivity index (χ4n) is 0.874. The molecule has 1 nitrogen and oxygen atoms in total. The van der Waals surface area contributed by atoms with Crippen LogP contribution in [0.4, 0.5) is 35.1 Å². The number of halogens is 8. The summed E-state index contributed by atoms with van der Waals surface area (Å²) >= 11 is 0. The molecule has 0 heterocycles. The molecule has 0 amide bonds. The molecule has 0 aliphatic carbocycles. The highest BCUT2D eigenvalue weighted by Crippen LogP contribution is 2.40. The van der Waals surface area contributed by atoms with Gasteiger partial charge in [-0.15, -0.1) is 0 Å². The van der Waals surface area contributed by atoms with E-state index in [4.69, 9.17) is 0 Å². The lowest BCUT2D eigenvalue weighted by atomic mass is 10.1. The Morgan fingerprint density at radius 1 is 0.875 bits per heavy atom. The van der Waals surface area contributed by atoms with Crippen LogP contribution in [0.5, 0.6) is 0 Å². The number of hydrogen-bond acceptors (Lipinski definition) is 1. The number of hydrogen-bond donors (Lipinski definition) is 0. The van der Waals surface area contributed by atoms with Crippen LogP contribution in [0.3, 0.4) is 0 Å². The van der Waals surface area contributed by atoms with E-state index in [-0.39, 0.29) is 0 Å². The summed E-state index contributed by atoms with van der Waals surface area (Å²) < 4.78 is 101. The highest BCUT2D eigenvalue weighted by atomic mass is 19.3. The summed E-state index contributed by atoms with van der Waals surface area (Å²) in [6.45, 7) is 0.116. The van der Waals surface area contributed by atoms with Crippen molar-refractivity contribution in [3.05, 3.63) is 0 Å². The molecule has 0 saturated carbocycles. The second-order valence-corrected chi connectivity index (χ2v) is 2.79. The molecule has 9 heteroatoms. The molecule has 0 spiro atoms. The smallest absolute Gasteiger partial charge is 0.339 e. The number of rotatable bonds is 6. The Morgan fingerprint density at radius 3 is 1.38 bits per heavy atom. The van der Waals surface area contributed by atoms with Gasteiger partial charge in [0.05, 0.1) is 0 Å². The van der Waals surface area contributed by atoms with Gasteiger partial charge in [-0.2, -0.15) is 17.6 Å². The molecule has 0 rings (SSSR count). The number of ether oxygens (including phenoxy) is 1. The molecular weight excluding hydrogens is 252 g/mol. The average molecular weight is 260 g/mol. The van der Waals surface area contributed by atoms with E-state index in [0.717, 1.165) is 6.92 Å². The molecule has 0 N–H and O–H groups in total. The first kappa shape index (κ1) is 15.4. The van der Waals surface area contributed by atoms with Crippen LogP contribution in [0.1, 0.15) is 6.92 Å². The lowest BCUT2D eigenvalue weighted by molar-refractivity contribution is -0.296. The second kappa shape index (κ2) is 5.15. The molecule has 0 aliphatic rings. The van der Waals surface area contributed by atoms with Gasteiger partial charge in [0, 0.05) is 6.61 Å². The third-order valence-electron chi connectivity index (χ3n) is 1.61. The zero-order valence-electron chi connectivity index (χ0n) is 7.87. The average Bonchev–Trinajstić information content (AvgIpc) is 2.12. The van der Waals surface area contributed by atoms with E-state index in [1.165, 1.54) is 0 Å². The topological polar surface area (TPSA) is 9.23 Å². The summed E-state index contributed by atoms with van der Waals surface area (Å²) in [6.07, 6.45) is -12.9. The zero-order valence-corrected chi connectivity index (χ0v) is 7.87. The highest BCUT2D eigenvalue weighted by molar-refractivity contribution is 4.93. The molecule has 0 saturated heterocycles. The van der Waals surface area contributed by atoms with Gasteiger partial charge in [0.1, 0.15) is 0 Å². The highest BCUT2D eigenvalue weighted by Gasteiger charge is 2.64. The third kappa shape index (κ3) is 2.96. The molecule has 0 aromatic carbocycles. The Morgan fingerprint density at radius 2 is 1.19 bits per heavy atom. The minimum Gasteiger partial charge on any atom is -0.366 e. The summed E-state index contributed by atoms with van der Waals surface area (Å²) in [5.41, 5.74) is 0. The molecule has 98 valence electrons. The fraction of sp³-hybridized carbons (Fsp3) is 1.00. The van der Waals surface area contributed by atoms with Gasteiger partial charge in [-0.1, -0.05) is 0 Å². The van der Waals surface area contributed by atoms with Crippen LogP contribution in [-0.4, -0.2) is 37.4 Å². The van der Waals surface area contributed by atoms with Gasteiger partial charge in [0.2, 0.25) is 0 Å². The van der Waals surface area contributed by atoms with E-state index in [0.29, 0.717) is 0 Å². The molecule has 0 fully saturated rings. The molecule has 0 aromatic heterocycles. The Kier molecular flexibility index (Phi) is 4.96. The van der Waals surface area contributed by atoms with Crippen LogP contribution in [0.2, 0.25) is 0 Å². The maximum absolute atomic E-state index is 12.6. The van der Waals surface area contributed by atoms with Gasteiger partial charge >= 0.3 is 24.7 Å². The van der Waals surface area contributed by atoms with Crippen LogP contribution in [0.25, 0.3) is 0 Å². The summed E-state index contributed by atoms with van der Waals surface area (Å²) in [6, 6.07) is 0. The largest absolute Gasteiger partial charge is 0.366 e. The van der Waals surface area contributed by atoms with E-state index in [9.17, 15) is 35.1 Å². The van der Waals surface area contributed by atoms with Crippen LogP contribution < -0.4 is 0 Å². The van der Waals surface area contributed by atoms with E-state index < -0.39 is 37.4 Å². The van der Waals surface area contributed by atoms with Crippen molar-refractivity contribution in [1.29, 1.82) is 0 Å². The van der Waals surface area contributed by atoms with Crippen molar-refractivity contribution in [1.82, 2.24) is 0 Å². The summed E-state index contributed by atoms with van der Waals surface area (Å²) in [5, 5.41) is 0. The normalized spacial score (nSPS) is 14.2. The zero-order chi connectivity index (χ0) is 13.1. The Labute approximate surface area is 85.4 Å². The monoisotopic (exact) mass is 260 g/mol. The van der Waals surface area contributed by atoms with Crippen molar-refractivity contribution in [3.63, 3.8) is 0 Å². The van der Waals surface area contributed by atoms with Gasteiger partial charge in [0.25, 0.3) is 0 Å². The summed E-state index contributed by atoms with van der Waals surface area (Å²) in [5.74, 6) is -10.7. The van der Waals surface area contributed by atoms with Gasteiger partial charge < -0.3 is 4.74 Å². The molecule has 0 aliphatic heterocycles. The Hall–Kier alpha value is -0.600. The van der Waals surface area contributed by atoms with Crippen molar-refractivity contribution in [2.24, 2.45) is 0 Å². The standard InChI is InChI=1S/C7H8F8O/c1-2-16-3(6(12,13)4(8)9)7(14,15)5(10)11/h3-5H,2H2,1H3. The first-order valence-electron chi connectivity index (χ1n) is 4.01. The van der Waals surface area contributed by atoms with E-state index in [1.807, 2.05) is 0 Å². The molecule has 0 atom stereocenters. The molecule has 0 aromatic rings. The minimum absolute atomic E-state index is 0.824. The maximum atomic E-state index is 12.6. The van der Waals surface area contributed by atoms with E-state index in [1.54, 1.807) is 0 Å². The minimum atomic E-state index is -5.35. The fourth-order valence-corrected chi connectivity index (χ4v) is 0.874. The van der Waals surface area contributed by atoms with Crippen LogP contribution in [0, 0.1) is 0 Å². The third-order valence-corrected chi connectivity index (χ3v) is 1.61. The van der Waals surface area contributed by atoms with Crippen LogP contribution in [-0.2, 0) is 4.74 Å². The van der Waals surface area contributed by atoms with Crippen molar-refractivity contribution in [2.45, 2.75) is 37.7 Å². The molecular formula is C7H8F8O. The SMILES string of the molecule is CCOC(C(F)(F)C(F)F)C(F)(F)C(F)F. The van der Waals surface area contributed by atoms with Crippen molar-refractivity contribution in [3.8, 4) is 0 Å². The van der Waals surface area contributed by atoms with E-state index in [2.05, 4.69) is 4.74 Å². The lowest BCUT2D eigenvalue weighted by Crippen LogP contribution is -2.55. The van der Waals surface area contributed by atoms with E-state index >= 15 is 0 Å². The predicted octanol–water partition coefficient (Wildman–Crippen LogP) is 3.19. The quantitative estimate of drug-likeness (QED) is 0.666.